The van der Waals surface area contributed by atoms with Crippen LogP contribution in [0.2, 0.25) is 0 Å². The summed E-state index contributed by atoms with van der Waals surface area (Å²) in [5.41, 5.74) is 0. The zero-order valence-electron chi connectivity index (χ0n) is 51.8. The van der Waals surface area contributed by atoms with E-state index in [-0.39, 0.29) is 162 Å². The first-order chi connectivity index (χ1) is 29.3. The summed E-state index contributed by atoms with van der Waals surface area (Å²) in [4.78, 5) is 31.0. The first-order valence-electron chi connectivity index (χ1n) is 27.0. The molecule has 0 unspecified atom stereocenters. The fourth-order valence-corrected chi connectivity index (χ4v) is 7.94. The second-order valence-electron chi connectivity index (χ2n) is 18.3. The predicted octanol–water partition coefficient (Wildman–Crippen LogP) is 18.4. The second kappa shape index (κ2) is 77.9. The molecule has 0 saturated carbocycles. The molecule has 0 amide bonds. The fourth-order valence-electron chi connectivity index (χ4n) is 7.94. The third-order valence-electron chi connectivity index (χ3n) is 12.0. The van der Waals surface area contributed by atoms with Crippen molar-refractivity contribution >= 4 is 169 Å². The SMILES string of the molecule is CCCCCCCCCCCCCCCCCC(=O)O.CCCCCCCCCCCCCCCCCC(=O)O.CCCCCCCCCCCCCCCCCC(=O)O.[Ca+2].[Ca+2].[Ca+2].[Ca+2].[H-].[H-].[H-].[H-].[H-].[H-].[H-].[H-]. The molecule has 0 heterocycles. The summed E-state index contributed by atoms with van der Waals surface area (Å²) >= 11 is 0. The number of hydrogen-bond acceptors (Lipinski definition) is 3. The van der Waals surface area contributed by atoms with E-state index in [2.05, 4.69) is 20.8 Å². The number of hydrogen-bond donors (Lipinski definition) is 3. The van der Waals surface area contributed by atoms with Gasteiger partial charge in [-0.05, 0) is 19.3 Å². The van der Waals surface area contributed by atoms with E-state index in [0.29, 0.717) is 19.3 Å². The first-order valence-corrected chi connectivity index (χ1v) is 27.0. The molecule has 0 saturated heterocycles. The van der Waals surface area contributed by atoms with Gasteiger partial charge >= 0.3 is 169 Å². The van der Waals surface area contributed by atoms with Gasteiger partial charge in [-0.1, -0.05) is 290 Å². The van der Waals surface area contributed by atoms with Crippen LogP contribution in [0.5, 0.6) is 0 Å². The molecule has 0 spiro atoms. The summed E-state index contributed by atoms with van der Waals surface area (Å²) in [7, 11) is 0. The zero-order chi connectivity index (χ0) is 44.7. The van der Waals surface area contributed by atoms with Gasteiger partial charge in [0, 0.05) is 19.3 Å². The number of unbranched alkanes of at least 4 members (excludes halogenated alkanes) is 42. The summed E-state index contributed by atoms with van der Waals surface area (Å²) in [6.45, 7) is 6.81. The van der Waals surface area contributed by atoms with Gasteiger partial charge in [0.2, 0.25) is 0 Å². The van der Waals surface area contributed by atoms with Crippen LogP contribution in [0.15, 0.2) is 0 Å². The van der Waals surface area contributed by atoms with Gasteiger partial charge in [0.05, 0.1) is 0 Å². The smallest absolute Gasteiger partial charge is 1.00 e. The maximum Gasteiger partial charge on any atom is 2.00 e. The van der Waals surface area contributed by atoms with Crippen molar-refractivity contribution in [2.75, 3.05) is 0 Å². The minimum atomic E-state index is -0.653. The van der Waals surface area contributed by atoms with Crippen LogP contribution in [-0.4, -0.2) is 184 Å². The molecule has 3 N–H and O–H groups in total. The topological polar surface area (TPSA) is 112 Å². The van der Waals surface area contributed by atoms with Crippen LogP contribution in [0.25, 0.3) is 0 Å². The Morgan fingerprint density at radius 3 is 0.406 bits per heavy atom. The molecule has 0 aliphatic rings. The average molecular weight is 1020 g/mol. The minimum absolute atomic E-state index is 0. The van der Waals surface area contributed by atoms with Gasteiger partial charge < -0.3 is 26.7 Å². The Morgan fingerprint density at radius 1 is 0.219 bits per heavy atom. The van der Waals surface area contributed by atoms with Crippen LogP contribution in [0.4, 0.5) is 0 Å². The standard InChI is InChI=1S/3C18H36O2.4Ca.8H/c3*1-2-3-4-5-6-7-8-9-10-11-12-13-14-15-16-17-18(19)20;;;;;;;;;;;;/h3*2-17H2,1H3,(H,19,20);;;;;;;;;;;;/q;;;4*+2;8*-1. The molecule has 0 aromatic heterocycles. The van der Waals surface area contributed by atoms with Crippen molar-refractivity contribution in [1.29, 1.82) is 0 Å². The Balaban J connectivity index is -0.0000000481. The summed E-state index contributed by atoms with van der Waals surface area (Å²) in [5, 5.41) is 25.6. The van der Waals surface area contributed by atoms with E-state index in [9.17, 15) is 14.4 Å². The quantitative estimate of drug-likeness (QED) is 0.0413. The monoisotopic (exact) mass is 1020 g/mol. The van der Waals surface area contributed by atoms with Gasteiger partial charge in [0.25, 0.3) is 0 Å². The van der Waals surface area contributed by atoms with Crippen LogP contribution < -0.4 is 0 Å². The number of rotatable bonds is 48. The molecule has 0 aliphatic carbocycles. The summed E-state index contributed by atoms with van der Waals surface area (Å²) in [5.74, 6) is -1.96. The zero-order valence-corrected chi connectivity index (χ0v) is 52.7. The molecule has 0 radical (unpaired) electrons. The van der Waals surface area contributed by atoms with Crippen molar-refractivity contribution in [3.8, 4) is 0 Å². The number of carboxylic acids is 3. The molecule has 0 fully saturated rings. The second-order valence-corrected chi connectivity index (χ2v) is 18.3. The Labute approximate surface area is 531 Å². The normalized spacial score (nSPS) is 10.2. The van der Waals surface area contributed by atoms with E-state index < -0.39 is 17.9 Å². The molecular weight excluding hydrogens is 905 g/mol. The van der Waals surface area contributed by atoms with E-state index in [0.717, 1.165) is 38.5 Å². The van der Waals surface area contributed by atoms with Crippen LogP contribution in [-0.2, 0) is 14.4 Å². The first kappa shape index (κ1) is 81.5. The van der Waals surface area contributed by atoms with Crippen LogP contribution in [0.1, 0.15) is 340 Å². The number of carbonyl (C=O) groups is 3. The Hall–Kier alpha value is 3.45. The van der Waals surface area contributed by atoms with Gasteiger partial charge in [-0.15, -0.1) is 0 Å². The van der Waals surface area contributed by atoms with Gasteiger partial charge in [-0.3, -0.25) is 14.4 Å². The molecule has 6 nitrogen and oxygen atoms in total. The van der Waals surface area contributed by atoms with E-state index in [1.54, 1.807) is 0 Å². The largest absolute Gasteiger partial charge is 2.00 e. The third kappa shape index (κ3) is 91.7. The molecule has 0 rings (SSSR count). The molecule has 64 heavy (non-hydrogen) atoms. The summed E-state index contributed by atoms with van der Waals surface area (Å²) < 4.78 is 0. The van der Waals surface area contributed by atoms with Gasteiger partial charge in [-0.25, -0.2) is 0 Å². The summed E-state index contributed by atoms with van der Waals surface area (Å²) in [6, 6.07) is 0. The molecular formula is C54H116Ca4O6. The van der Waals surface area contributed by atoms with Crippen molar-refractivity contribution in [1.82, 2.24) is 0 Å². The van der Waals surface area contributed by atoms with Gasteiger partial charge in [0.15, 0.2) is 0 Å². The Kier molecular flexibility index (Phi) is 99.2. The van der Waals surface area contributed by atoms with Gasteiger partial charge in [0.1, 0.15) is 0 Å². The van der Waals surface area contributed by atoms with E-state index >= 15 is 0 Å². The van der Waals surface area contributed by atoms with E-state index in [1.165, 1.54) is 250 Å². The van der Waals surface area contributed by atoms with Crippen molar-refractivity contribution in [2.24, 2.45) is 0 Å². The summed E-state index contributed by atoms with van der Waals surface area (Å²) in [6.07, 6.45) is 60.6. The van der Waals surface area contributed by atoms with Crippen LogP contribution >= 0.6 is 0 Å². The van der Waals surface area contributed by atoms with Crippen LogP contribution in [0.3, 0.4) is 0 Å². The van der Waals surface area contributed by atoms with Crippen LogP contribution in [0, 0.1) is 0 Å². The Bertz CT molecular complexity index is 767. The predicted molar refractivity (Wildman–Crippen MR) is 293 cm³/mol. The van der Waals surface area contributed by atoms with Crippen molar-refractivity contribution in [2.45, 2.75) is 329 Å². The van der Waals surface area contributed by atoms with Crippen molar-refractivity contribution < 1.29 is 41.1 Å². The maximum atomic E-state index is 10.3. The molecule has 0 bridgehead atoms. The van der Waals surface area contributed by atoms with Crippen molar-refractivity contribution in [3.63, 3.8) is 0 Å². The van der Waals surface area contributed by atoms with Crippen molar-refractivity contribution in [3.05, 3.63) is 0 Å². The molecule has 0 atom stereocenters. The molecule has 376 valence electrons. The molecule has 0 aromatic carbocycles. The minimum Gasteiger partial charge on any atom is -1.00 e. The molecule has 0 aromatic rings. The van der Waals surface area contributed by atoms with E-state index in [1.807, 2.05) is 0 Å². The molecule has 0 aliphatic heterocycles. The number of carboxylic acid groups (broad SMARTS) is 3. The fraction of sp³-hybridized carbons (Fsp3) is 0.944. The molecule has 10 heteroatoms. The van der Waals surface area contributed by atoms with Gasteiger partial charge in [-0.2, -0.15) is 0 Å². The Morgan fingerprint density at radius 2 is 0.312 bits per heavy atom. The van der Waals surface area contributed by atoms with E-state index in [4.69, 9.17) is 15.3 Å². The maximum absolute atomic E-state index is 10.3. The average Bonchev–Trinajstić information content (AvgIpc) is 3.22. The third-order valence-corrected chi connectivity index (χ3v) is 12.0. The number of aliphatic carboxylic acids is 3.